The first-order valence-electron chi connectivity index (χ1n) is 6.35. The maximum Gasteiger partial charge on any atom is 0.142 e. The molecule has 1 saturated heterocycles. The number of allylic oxidation sites excluding steroid dienone is 1. The standard InChI is InChI=1S/C14H17FN2/c15-14-6-13(8-17-9-14)11-2-1-10-3-4-16-7-12(10)5-11/h5-6,8-10,12,16H,1-4,7H2/t10-,12+/m0/s1. The highest BCUT2D eigenvalue weighted by atomic mass is 19.1. The molecule has 90 valence electrons. The summed E-state index contributed by atoms with van der Waals surface area (Å²) in [7, 11) is 0. The van der Waals surface area contributed by atoms with Crippen LogP contribution in [-0.2, 0) is 0 Å². The highest BCUT2D eigenvalue weighted by Gasteiger charge is 2.27. The molecule has 0 aromatic carbocycles. The fourth-order valence-electron chi connectivity index (χ4n) is 3.00. The van der Waals surface area contributed by atoms with E-state index in [4.69, 9.17) is 0 Å². The zero-order chi connectivity index (χ0) is 11.7. The van der Waals surface area contributed by atoms with Gasteiger partial charge in [0, 0.05) is 12.7 Å². The number of halogens is 1. The molecule has 1 aromatic heterocycles. The second-order valence-corrected chi connectivity index (χ2v) is 5.04. The Kier molecular flexibility index (Phi) is 2.93. The van der Waals surface area contributed by atoms with E-state index in [9.17, 15) is 4.39 Å². The summed E-state index contributed by atoms with van der Waals surface area (Å²) in [4.78, 5) is 3.93. The van der Waals surface area contributed by atoms with Crippen molar-refractivity contribution in [2.24, 2.45) is 11.8 Å². The summed E-state index contributed by atoms with van der Waals surface area (Å²) < 4.78 is 13.2. The number of piperidine rings is 1. The second-order valence-electron chi connectivity index (χ2n) is 5.04. The lowest BCUT2D eigenvalue weighted by molar-refractivity contribution is 0.279. The van der Waals surface area contributed by atoms with Crippen LogP contribution in [0.5, 0.6) is 0 Å². The van der Waals surface area contributed by atoms with E-state index < -0.39 is 0 Å². The van der Waals surface area contributed by atoms with Gasteiger partial charge in [-0.3, -0.25) is 4.98 Å². The van der Waals surface area contributed by atoms with Crippen LogP contribution in [0.3, 0.4) is 0 Å². The molecule has 1 fully saturated rings. The number of rotatable bonds is 1. The molecule has 2 nitrogen and oxygen atoms in total. The van der Waals surface area contributed by atoms with E-state index in [1.54, 1.807) is 12.3 Å². The zero-order valence-corrected chi connectivity index (χ0v) is 9.82. The summed E-state index contributed by atoms with van der Waals surface area (Å²) in [5.41, 5.74) is 2.22. The largest absolute Gasteiger partial charge is 0.316 e. The average molecular weight is 232 g/mol. The van der Waals surface area contributed by atoms with Crippen LogP contribution in [0.15, 0.2) is 24.5 Å². The van der Waals surface area contributed by atoms with Crippen LogP contribution in [-0.4, -0.2) is 18.1 Å². The van der Waals surface area contributed by atoms with E-state index in [2.05, 4.69) is 16.4 Å². The van der Waals surface area contributed by atoms with Crippen molar-refractivity contribution < 1.29 is 4.39 Å². The van der Waals surface area contributed by atoms with Gasteiger partial charge in [0.05, 0.1) is 6.20 Å². The molecule has 2 aliphatic rings. The predicted octanol–water partition coefficient (Wildman–Crippen LogP) is 2.62. The Hall–Kier alpha value is -1.22. The third-order valence-electron chi connectivity index (χ3n) is 3.95. The lowest BCUT2D eigenvalue weighted by atomic mass is 9.76. The molecule has 2 atom stereocenters. The highest BCUT2D eigenvalue weighted by molar-refractivity contribution is 5.66. The van der Waals surface area contributed by atoms with Gasteiger partial charge < -0.3 is 5.32 Å². The number of aromatic nitrogens is 1. The molecule has 3 rings (SSSR count). The Labute approximate surface area is 101 Å². The lowest BCUT2D eigenvalue weighted by Gasteiger charge is -2.34. The molecule has 17 heavy (non-hydrogen) atoms. The summed E-state index contributed by atoms with van der Waals surface area (Å²) in [6, 6.07) is 1.59. The molecule has 0 amide bonds. The van der Waals surface area contributed by atoms with Gasteiger partial charge in [0.15, 0.2) is 0 Å². The van der Waals surface area contributed by atoms with Crippen LogP contribution in [0.4, 0.5) is 4.39 Å². The van der Waals surface area contributed by atoms with E-state index >= 15 is 0 Å². The molecule has 1 aliphatic carbocycles. The SMILES string of the molecule is Fc1cncc(C2=C[C@@H]3CNCC[C@@H]3CC2)c1. The minimum Gasteiger partial charge on any atom is -0.316 e. The number of nitrogens with zero attached hydrogens (tertiary/aromatic N) is 1. The van der Waals surface area contributed by atoms with E-state index in [-0.39, 0.29) is 5.82 Å². The van der Waals surface area contributed by atoms with Crippen molar-refractivity contribution in [2.75, 3.05) is 13.1 Å². The molecule has 1 N–H and O–H groups in total. The highest BCUT2D eigenvalue weighted by Crippen LogP contribution is 2.36. The van der Waals surface area contributed by atoms with Gasteiger partial charge >= 0.3 is 0 Å². The topological polar surface area (TPSA) is 24.9 Å². The number of fused-ring (bicyclic) bond motifs is 1. The van der Waals surface area contributed by atoms with E-state index in [1.807, 2.05) is 0 Å². The molecule has 0 radical (unpaired) electrons. The minimum atomic E-state index is -0.243. The van der Waals surface area contributed by atoms with Crippen LogP contribution in [0.1, 0.15) is 24.8 Å². The van der Waals surface area contributed by atoms with Gasteiger partial charge in [0.1, 0.15) is 5.82 Å². The first kappa shape index (κ1) is 10.9. The molecule has 1 aliphatic heterocycles. The van der Waals surface area contributed by atoms with Gasteiger partial charge in [-0.2, -0.15) is 0 Å². The smallest absolute Gasteiger partial charge is 0.142 e. The van der Waals surface area contributed by atoms with Crippen molar-refractivity contribution in [3.05, 3.63) is 35.9 Å². The number of hydrogen-bond acceptors (Lipinski definition) is 2. The van der Waals surface area contributed by atoms with Crippen LogP contribution in [0.25, 0.3) is 5.57 Å². The molecule has 0 bridgehead atoms. The summed E-state index contributed by atoms with van der Waals surface area (Å²) in [5, 5.41) is 3.43. The van der Waals surface area contributed by atoms with Gasteiger partial charge in [0.2, 0.25) is 0 Å². The maximum absolute atomic E-state index is 13.2. The van der Waals surface area contributed by atoms with Crippen LogP contribution < -0.4 is 5.32 Å². The molecule has 0 unspecified atom stereocenters. The van der Waals surface area contributed by atoms with Crippen LogP contribution >= 0.6 is 0 Å². The lowest BCUT2D eigenvalue weighted by Crippen LogP contribution is -2.37. The minimum absolute atomic E-state index is 0.243. The molecular formula is C14H17FN2. The second kappa shape index (κ2) is 4.57. The van der Waals surface area contributed by atoms with Crippen molar-refractivity contribution in [3.8, 4) is 0 Å². The first-order valence-corrected chi connectivity index (χ1v) is 6.35. The Morgan fingerprint density at radius 1 is 1.29 bits per heavy atom. The normalized spacial score (nSPS) is 28.4. The fraction of sp³-hybridized carbons (Fsp3) is 0.500. The monoisotopic (exact) mass is 232 g/mol. The fourth-order valence-corrected chi connectivity index (χ4v) is 3.00. The van der Waals surface area contributed by atoms with E-state index in [0.717, 1.165) is 31.0 Å². The number of pyridine rings is 1. The Bertz CT molecular complexity index is 442. The van der Waals surface area contributed by atoms with Gasteiger partial charge in [-0.25, -0.2) is 4.39 Å². The van der Waals surface area contributed by atoms with Gasteiger partial charge in [0.25, 0.3) is 0 Å². The number of hydrogen-bond donors (Lipinski definition) is 1. The third-order valence-corrected chi connectivity index (χ3v) is 3.95. The Balaban J connectivity index is 1.86. The summed E-state index contributed by atoms with van der Waals surface area (Å²) in [6.45, 7) is 2.21. The van der Waals surface area contributed by atoms with E-state index in [0.29, 0.717) is 5.92 Å². The van der Waals surface area contributed by atoms with Crippen molar-refractivity contribution in [1.82, 2.24) is 10.3 Å². The Morgan fingerprint density at radius 3 is 3.12 bits per heavy atom. The van der Waals surface area contributed by atoms with Crippen molar-refractivity contribution >= 4 is 5.57 Å². The number of nitrogens with one attached hydrogen (secondary N) is 1. The van der Waals surface area contributed by atoms with Gasteiger partial charge in [-0.05, 0) is 54.8 Å². The summed E-state index contributed by atoms with van der Waals surface area (Å²) in [6.07, 6.45) is 8.93. The molecule has 1 aromatic rings. The zero-order valence-electron chi connectivity index (χ0n) is 9.82. The maximum atomic E-state index is 13.2. The van der Waals surface area contributed by atoms with Gasteiger partial charge in [-0.1, -0.05) is 6.08 Å². The Morgan fingerprint density at radius 2 is 2.24 bits per heavy atom. The third kappa shape index (κ3) is 2.25. The predicted molar refractivity (Wildman–Crippen MR) is 65.9 cm³/mol. The van der Waals surface area contributed by atoms with Crippen molar-refractivity contribution in [1.29, 1.82) is 0 Å². The average Bonchev–Trinajstić information content (AvgIpc) is 2.38. The van der Waals surface area contributed by atoms with Crippen molar-refractivity contribution in [2.45, 2.75) is 19.3 Å². The summed E-state index contributed by atoms with van der Waals surface area (Å²) >= 11 is 0. The molecule has 2 heterocycles. The van der Waals surface area contributed by atoms with Crippen molar-refractivity contribution in [3.63, 3.8) is 0 Å². The van der Waals surface area contributed by atoms with Crippen LogP contribution in [0.2, 0.25) is 0 Å². The van der Waals surface area contributed by atoms with E-state index in [1.165, 1.54) is 24.6 Å². The molecule has 0 saturated carbocycles. The van der Waals surface area contributed by atoms with Crippen LogP contribution in [0, 0.1) is 17.7 Å². The molecule has 0 spiro atoms. The van der Waals surface area contributed by atoms with Gasteiger partial charge in [-0.15, -0.1) is 0 Å². The molecular weight excluding hydrogens is 215 g/mol. The first-order chi connectivity index (χ1) is 8.33. The quantitative estimate of drug-likeness (QED) is 0.805. The molecule has 3 heteroatoms. The summed E-state index contributed by atoms with van der Waals surface area (Å²) in [5.74, 6) is 1.20.